The van der Waals surface area contributed by atoms with Gasteiger partial charge in [-0.3, -0.25) is 14.9 Å². The number of carbonyl (C=O) groups excluding carboxylic acids is 2. The highest BCUT2D eigenvalue weighted by atomic mass is 19.1. The van der Waals surface area contributed by atoms with Crippen LogP contribution in [0.4, 0.5) is 15.8 Å². The smallest absolute Gasteiger partial charge is 0.343 e. The van der Waals surface area contributed by atoms with Crippen molar-refractivity contribution >= 4 is 23.3 Å². The molecule has 1 atom stereocenters. The Morgan fingerprint density at radius 3 is 2.73 bits per heavy atom. The molecule has 2 aromatic rings. The molecule has 2 aromatic carbocycles. The molecule has 0 fully saturated rings. The van der Waals surface area contributed by atoms with Crippen molar-refractivity contribution in [3.05, 3.63) is 57.9 Å². The number of rotatable bonds is 9. The van der Waals surface area contributed by atoms with Gasteiger partial charge in [-0.1, -0.05) is 6.07 Å². The predicted octanol–water partition coefficient (Wildman–Crippen LogP) is 3.01. The highest BCUT2D eigenvalue weighted by Gasteiger charge is 2.31. The van der Waals surface area contributed by atoms with Crippen LogP contribution in [0.1, 0.15) is 18.9 Å². The molecule has 0 N–H and O–H groups in total. The molecule has 1 aliphatic rings. The van der Waals surface area contributed by atoms with E-state index < -0.39 is 35.3 Å². The Hall–Kier alpha value is -3.89. The maximum atomic E-state index is 13.7. The molecule has 0 radical (unpaired) electrons. The number of fused-ring (bicyclic) bond motifs is 1. The van der Waals surface area contributed by atoms with Crippen molar-refractivity contribution in [2.45, 2.75) is 25.9 Å². The van der Waals surface area contributed by atoms with Crippen LogP contribution in [-0.2, 0) is 25.6 Å². The van der Waals surface area contributed by atoms with Crippen LogP contribution in [0.15, 0.2) is 36.4 Å². The first-order valence-corrected chi connectivity index (χ1v) is 10.1. The second-order valence-electron chi connectivity index (χ2n) is 7.14. The Balaban J connectivity index is 1.90. The van der Waals surface area contributed by atoms with E-state index in [9.17, 15) is 24.1 Å². The van der Waals surface area contributed by atoms with E-state index in [1.165, 1.54) is 37.4 Å². The Bertz CT molecular complexity index is 1050. The van der Waals surface area contributed by atoms with Crippen molar-refractivity contribution in [3.63, 3.8) is 0 Å². The van der Waals surface area contributed by atoms with Crippen molar-refractivity contribution in [1.29, 1.82) is 0 Å². The predicted molar refractivity (Wildman–Crippen MR) is 114 cm³/mol. The Morgan fingerprint density at radius 1 is 1.24 bits per heavy atom. The summed E-state index contributed by atoms with van der Waals surface area (Å²) in [4.78, 5) is 36.2. The molecule has 0 aromatic heterocycles. The molecule has 11 heteroatoms. The molecule has 33 heavy (non-hydrogen) atoms. The normalized spacial score (nSPS) is 14.6. The molecule has 176 valence electrons. The molecule has 0 spiro atoms. The first-order valence-electron chi connectivity index (χ1n) is 10.1. The Morgan fingerprint density at radius 2 is 2.03 bits per heavy atom. The lowest BCUT2D eigenvalue weighted by molar-refractivity contribution is -0.385. The van der Waals surface area contributed by atoms with Crippen LogP contribution in [0.2, 0.25) is 0 Å². The molecule has 1 heterocycles. The number of benzene rings is 2. The van der Waals surface area contributed by atoms with Gasteiger partial charge in [-0.15, -0.1) is 0 Å². The number of esters is 2. The van der Waals surface area contributed by atoms with Gasteiger partial charge in [0.05, 0.1) is 36.8 Å². The minimum atomic E-state index is -0.674. The summed E-state index contributed by atoms with van der Waals surface area (Å²) in [7, 11) is 1.18. The second-order valence-corrected chi connectivity index (χ2v) is 7.14. The summed E-state index contributed by atoms with van der Waals surface area (Å²) in [5, 5.41) is 11.6. The molecular formula is C22H23FN2O8. The van der Waals surface area contributed by atoms with Crippen LogP contribution in [0.3, 0.4) is 0 Å². The molecule has 0 saturated heterocycles. The monoisotopic (exact) mass is 462 g/mol. The average Bonchev–Trinajstić information content (AvgIpc) is 2.79. The van der Waals surface area contributed by atoms with Crippen LogP contribution in [-0.4, -0.2) is 49.8 Å². The van der Waals surface area contributed by atoms with Crippen molar-refractivity contribution in [2.24, 2.45) is 0 Å². The third kappa shape index (κ3) is 5.88. The van der Waals surface area contributed by atoms with E-state index in [4.69, 9.17) is 14.2 Å². The molecular weight excluding hydrogens is 439 g/mol. The fraction of sp³-hybridized carbons (Fsp3) is 0.364. The lowest BCUT2D eigenvalue weighted by atomic mass is 10.1. The highest BCUT2D eigenvalue weighted by Crippen LogP contribution is 2.37. The zero-order valence-corrected chi connectivity index (χ0v) is 18.1. The van der Waals surface area contributed by atoms with E-state index in [0.29, 0.717) is 17.0 Å². The first-order chi connectivity index (χ1) is 15.8. The molecule has 0 aliphatic carbocycles. The number of nitro groups is 1. The lowest BCUT2D eigenvalue weighted by Gasteiger charge is -2.38. The Labute approximate surface area is 188 Å². The van der Waals surface area contributed by atoms with Gasteiger partial charge in [0.25, 0.3) is 0 Å². The lowest BCUT2D eigenvalue weighted by Crippen LogP contribution is -2.44. The van der Waals surface area contributed by atoms with Crippen LogP contribution in [0.5, 0.6) is 11.5 Å². The maximum absolute atomic E-state index is 13.7. The third-order valence-corrected chi connectivity index (χ3v) is 4.96. The third-order valence-electron chi connectivity index (χ3n) is 4.96. The van der Waals surface area contributed by atoms with Crippen LogP contribution in [0.25, 0.3) is 0 Å². The number of nitrogens with zero attached hydrogens (tertiary/aromatic N) is 2. The molecule has 0 amide bonds. The fourth-order valence-electron chi connectivity index (χ4n) is 3.43. The number of carbonyl (C=O) groups is 2. The number of halogens is 1. The second kappa shape index (κ2) is 10.6. The van der Waals surface area contributed by atoms with E-state index >= 15 is 0 Å². The molecule has 3 rings (SSSR count). The number of hydrogen-bond acceptors (Lipinski definition) is 9. The number of methoxy groups -OCH3 is 1. The number of anilines is 1. The van der Waals surface area contributed by atoms with Gasteiger partial charge in [0.15, 0.2) is 12.4 Å². The van der Waals surface area contributed by atoms with Gasteiger partial charge in [0.2, 0.25) is 0 Å². The van der Waals surface area contributed by atoms with E-state index in [-0.39, 0.29) is 37.6 Å². The van der Waals surface area contributed by atoms with Gasteiger partial charge < -0.3 is 23.8 Å². The fourth-order valence-corrected chi connectivity index (χ4v) is 3.43. The van der Waals surface area contributed by atoms with Crippen molar-refractivity contribution in [3.8, 4) is 11.5 Å². The number of hydrogen-bond donors (Lipinski definition) is 0. The summed E-state index contributed by atoms with van der Waals surface area (Å²) < 4.78 is 34.1. The van der Waals surface area contributed by atoms with Gasteiger partial charge in [0, 0.05) is 18.7 Å². The minimum absolute atomic E-state index is 0.0209. The average molecular weight is 462 g/mol. The van der Waals surface area contributed by atoms with Gasteiger partial charge >= 0.3 is 17.6 Å². The molecule has 0 bridgehead atoms. The summed E-state index contributed by atoms with van der Waals surface area (Å²) in [5.74, 6) is -1.34. The number of ether oxygens (including phenoxy) is 4. The van der Waals surface area contributed by atoms with Crippen molar-refractivity contribution < 1.29 is 37.9 Å². The van der Waals surface area contributed by atoms with Crippen LogP contribution >= 0.6 is 0 Å². The summed E-state index contributed by atoms with van der Waals surface area (Å²) in [5.41, 5.74) is 0.759. The molecule has 0 unspecified atom stereocenters. The SMILES string of the molecule is CCOC(=O)C[C@H]1COc2cc(F)ccc2N1Cc1ccc(OCC(=O)OC)c([N+](=O)[O-])c1. The van der Waals surface area contributed by atoms with E-state index in [1.807, 2.05) is 4.90 Å². The van der Waals surface area contributed by atoms with Crippen molar-refractivity contribution in [1.82, 2.24) is 0 Å². The highest BCUT2D eigenvalue weighted by molar-refractivity contribution is 5.72. The molecule has 0 saturated carbocycles. The van der Waals surface area contributed by atoms with Gasteiger partial charge in [0.1, 0.15) is 18.2 Å². The van der Waals surface area contributed by atoms with Gasteiger partial charge in [-0.05, 0) is 30.7 Å². The van der Waals surface area contributed by atoms with E-state index in [0.717, 1.165) is 0 Å². The Kier molecular flexibility index (Phi) is 7.65. The topological polar surface area (TPSA) is 117 Å². The van der Waals surface area contributed by atoms with Gasteiger partial charge in [-0.25, -0.2) is 9.18 Å². The summed E-state index contributed by atoms with van der Waals surface area (Å²) in [6.45, 7) is 1.74. The molecule has 1 aliphatic heterocycles. The van der Waals surface area contributed by atoms with Crippen molar-refractivity contribution in [2.75, 3.05) is 31.8 Å². The summed E-state index contributed by atoms with van der Waals surface area (Å²) in [6, 6.07) is 7.94. The largest absolute Gasteiger partial charge is 0.489 e. The summed E-state index contributed by atoms with van der Waals surface area (Å²) >= 11 is 0. The zero-order valence-electron chi connectivity index (χ0n) is 18.1. The molecule has 10 nitrogen and oxygen atoms in total. The van der Waals surface area contributed by atoms with E-state index in [2.05, 4.69) is 4.74 Å². The maximum Gasteiger partial charge on any atom is 0.343 e. The quantitative estimate of drug-likeness (QED) is 0.315. The zero-order chi connectivity index (χ0) is 24.0. The summed E-state index contributed by atoms with van der Waals surface area (Å²) in [6.07, 6.45) is 0.0209. The van der Waals surface area contributed by atoms with E-state index in [1.54, 1.807) is 13.0 Å². The van der Waals surface area contributed by atoms with Crippen LogP contribution < -0.4 is 14.4 Å². The van der Waals surface area contributed by atoms with Gasteiger partial charge in [-0.2, -0.15) is 0 Å². The standard InChI is InChI=1S/C22H23FN2O8/c1-3-31-21(26)10-16-12-32-20-9-15(23)5-6-17(20)24(16)11-14-4-7-19(18(8-14)25(28)29)33-13-22(27)30-2/h4-9,16H,3,10-13H2,1-2H3/t16-/m0/s1. The minimum Gasteiger partial charge on any atom is -0.489 e. The first kappa shape index (κ1) is 23.8. The number of nitro benzene ring substituents is 1. The van der Waals surface area contributed by atoms with Crippen LogP contribution in [0, 0.1) is 15.9 Å².